The summed E-state index contributed by atoms with van der Waals surface area (Å²) < 4.78 is 11.6. The summed E-state index contributed by atoms with van der Waals surface area (Å²) in [5, 5.41) is 10.7. The lowest BCUT2D eigenvalue weighted by molar-refractivity contribution is -0.132. The zero-order valence-electron chi connectivity index (χ0n) is 12.9. The summed E-state index contributed by atoms with van der Waals surface area (Å²) in [6.07, 6.45) is 1.69. The second-order valence-electron chi connectivity index (χ2n) is 4.96. The number of pyridine rings is 1. The number of carbonyl (C=O) groups excluding carboxylic acids is 1. The van der Waals surface area contributed by atoms with Gasteiger partial charge in [-0.2, -0.15) is 0 Å². The Morgan fingerprint density at radius 3 is 2.68 bits per heavy atom. The summed E-state index contributed by atoms with van der Waals surface area (Å²) in [4.78, 5) is 23.7. The van der Waals surface area contributed by atoms with E-state index < -0.39 is 11.5 Å². The molecular weight excluding hydrogens is 286 g/mol. The molecule has 0 unspecified atom stereocenters. The van der Waals surface area contributed by atoms with Crippen LogP contribution in [-0.4, -0.2) is 22.8 Å². The molecule has 6 heteroatoms. The van der Waals surface area contributed by atoms with Crippen molar-refractivity contribution in [3.8, 4) is 17.2 Å². The lowest BCUT2D eigenvalue weighted by atomic mass is 10.1. The Morgan fingerprint density at radius 1 is 1.36 bits per heavy atom. The Labute approximate surface area is 127 Å². The van der Waals surface area contributed by atoms with Gasteiger partial charge in [0.05, 0.1) is 12.6 Å². The number of methoxy groups -OCH3 is 1. The number of aromatic nitrogens is 1. The molecule has 0 saturated heterocycles. The van der Waals surface area contributed by atoms with Crippen molar-refractivity contribution in [1.82, 2.24) is 4.57 Å². The van der Waals surface area contributed by atoms with Crippen molar-refractivity contribution in [2.24, 2.45) is 0 Å². The minimum Gasteiger partial charge on any atom is -0.504 e. The number of nitrogens with zero attached hydrogens (tertiary/aromatic N) is 1. The highest BCUT2D eigenvalue weighted by molar-refractivity contribution is 5.89. The van der Waals surface area contributed by atoms with Gasteiger partial charge in [-0.1, -0.05) is 13.3 Å². The first-order valence-electron chi connectivity index (χ1n) is 7.11. The van der Waals surface area contributed by atoms with Crippen LogP contribution in [0.1, 0.15) is 26.7 Å². The number of rotatable bonds is 5. The predicted molar refractivity (Wildman–Crippen MR) is 82.6 cm³/mol. The van der Waals surface area contributed by atoms with Crippen LogP contribution in [0.25, 0.3) is 10.9 Å². The number of hydrogen-bond acceptors (Lipinski definition) is 5. The van der Waals surface area contributed by atoms with E-state index in [0.717, 1.165) is 12.8 Å². The van der Waals surface area contributed by atoms with E-state index in [4.69, 9.17) is 9.47 Å². The number of aromatic hydroxyl groups is 1. The molecule has 0 aliphatic heterocycles. The van der Waals surface area contributed by atoms with Crippen LogP contribution in [0.15, 0.2) is 23.0 Å². The average molecular weight is 305 g/mol. The van der Waals surface area contributed by atoms with Gasteiger partial charge < -0.3 is 19.1 Å². The van der Waals surface area contributed by atoms with E-state index in [0.29, 0.717) is 23.2 Å². The van der Waals surface area contributed by atoms with E-state index in [1.807, 2.05) is 6.92 Å². The summed E-state index contributed by atoms with van der Waals surface area (Å²) in [6, 6.07) is 5.00. The molecule has 1 aromatic carbocycles. The Kier molecular flexibility index (Phi) is 4.70. The number of carbonyl (C=O) groups is 1. The van der Waals surface area contributed by atoms with Crippen molar-refractivity contribution in [3.05, 3.63) is 28.6 Å². The predicted octanol–water partition coefficient (Wildman–Crippen LogP) is 2.44. The second kappa shape index (κ2) is 6.51. The van der Waals surface area contributed by atoms with Gasteiger partial charge in [0, 0.05) is 24.9 Å². The zero-order chi connectivity index (χ0) is 16.3. The minimum atomic E-state index is -0.651. The van der Waals surface area contributed by atoms with Crippen molar-refractivity contribution in [3.63, 3.8) is 0 Å². The molecule has 2 rings (SSSR count). The molecule has 6 nitrogen and oxygen atoms in total. The number of esters is 1. The van der Waals surface area contributed by atoms with E-state index in [1.165, 1.54) is 18.6 Å². The molecular formula is C16H19NO5. The first kappa shape index (κ1) is 15.9. The molecule has 0 atom stereocenters. The number of ether oxygens (including phenoxy) is 2. The van der Waals surface area contributed by atoms with Gasteiger partial charge in [0.25, 0.3) is 5.56 Å². The van der Waals surface area contributed by atoms with Crippen LogP contribution >= 0.6 is 0 Å². The molecule has 1 heterocycles. The van der Waals surface area contributed by atoms with Crippen LogP contribution in [-0.2, 0) is 11.3 Å². The zero-order valence-corrected chi connectivity index (χ0v) is 12.9. The van der Waals surface area contributed by atoms with Gasteiger partial charge >= 0.3 is 5.97 Å². The first-order valence-corrected chi connectivity index (χ1v) is 7.11. The van der Waals surface area contributed by atoms with Gasteiger partial charge in [0.2, 0.25) is 5.75 Å². The van der Waals surface area contributed by atoms with Gasteiger partial charge in [-0.05, 0) is 18.6 Å². The fourth-order valence-electron chi connectivity index (χ4n) is 2.29. The van der Waals surface area contributed by atoms with Crippen molar-refractivity contribution in [1.29, 1.82) is 0 Å². The van der Waals surface area contributed by atoms with E-state index in [9.17, 15) is 14.7 Å². The van der Waals surface area contributed by atoms with Gasteiger partial charge in [0.15, 0.2) is 5.75 Å². The molecule has 2 aromatic rings. The van der Waals surface area contributed by atoms with Gasteiger partial charge in [0.1, 0.15) is 5.75 Å². The maximum Gasteiger partial charge on any atom is 0.308 e. The highest BCUT2D eigenvalue weighted by atomic mass is 16.5. The van der Waals surface area contributed by atoms with Gasteiger partial charge in [-0.25, -0.2) is 0 Å². The van der Waals surface area contributed by atoms with Crippen LogP contribution in [0.5, 0.6) is 17.2 Å². The fourth-order valence-corrected chi connectivity index (χ4v) is 2.29. The molecule has 22 heavy (non-hydrogen) atoms. The van der Waals surface area contributed by atoms with E-state index in [-0.39, 0.29) is 11.5 Å². The summed E-state index contributed by atoms with van der Waals surface area (Å²) in [6.45, 7) is 3.67. The highest BCUT2D eigenvalue weighted by Gasteiger charge is 2.19. The number of aryl methyl sites for hydroxylation is 1. The van der Waals surface area contributed by atoms with E-state index >= 15 is 0 Å². The lowest BCUT2D eigenvalue weighted by Crippen LogP contribution is -2.24. The monoisotopic (exact) mass is 305 g/mol. The minimum absolute atomic E-state index is 0.328. The van der Waals surface area contributed by atoms with Crippen LogP contribution in [0, 0.1) is 0 Å². The molecule has 0 saturated carbocycles. The Morgan fingerprint density at radius 2 is 2.09 bits per heavy atom. The Bertz CT molecular complexity index is 763. The molecule has 1 aromatic heterocycles. The van der Waals surface area contributed by atoms with Crippen LogP contribution in [0.3, 0.4) is 0 Å². The van der Waals surface area contributed by atoms with Crippen molar-refractivity contribution in [2.75, 3.05) is 7.11 Å². The van der Waals surface area contributed by atoms with Crippen LogP contribution in [0.4, 0.5) is 0 Å². The quantitative estimate of drug-likeness (QED) is 0.858. The molecule has 0 aliphatic carbocycles. The molecule has 0 radical (unpaired) electrons. The Balaban J connectivity index is 2.78. The second-order valence-corrected chi connectivity index (χ2v) is 4.96. The SMILES string of the molecule is CCCCn1c(=O)c(OC(C)=O)c(O)c2ccc(OC)cc21. The Hall–Kier alpha value is -2.50. The molecule has 0 bridgehead atoms. The normalized spacial score (nSPS) is 10.7. The van der Waals surface area contributed by atoms with Crippen LogP contribution in [0.2, 0.25) is 0 Å². The van der Waals surface area contributed by atoms with Gasteiger partial charge in [-0.3, -0.25) is 9.59 Å². The summed E-state index contributed by atoms with van der Waals surface area (Å²) in [5.41, 5.74) is 0.0214. The molecule has 0 spiro atoms. The van der Waals surface area contributed by atoms with Crippen molar-refractivity contribution >= 4 is 16.9 Å². The van der Waals surface area contributed by atoms with E-state index in [1.54, 1.807) is 18.2 Å². The first-order chi connectivity index (χ1) is 10.5. The third-order valence-electron chi connectivity index (χ3n) is 3.39. The summed E-state index contributed by atoms with van der Waals surface area (Å²) in [5.74, 6) is -0.731. The average Bonchev–Trinajstić information content (AvgIpc) is 2.50. The fraction of sp³-hybridized carbons (Fsp3) is 0.375. The maximum absolute atomic E-state index is 12.5. The molecule has 0 fully saturated rings. The molecule has 1 N–H and O–H groups in total. The maximum atomic E-state index is 12.5. The third kappa shape index (κ3) is 2.90. The third-order valence-corrected chi connectivity index (χ3v) is 3.39. The highest BCUT2D eigenvalue weighted by Crippen LogP contribution is 2.33. The molecule has 0 aliphatic rings. The van der Waals surface area contributed by atoms with E-state index in [2.05, 4.69) is 0 Å². The van der Waals surface area contributed by atoms with Gasteiger partial charge in [-0.15, -0.1) is 0 Å². The number of unbranched alkanes of at least 4 members (excludes halogenated alkanes) is 1. The topological polar surface area (TPSA) is 77.8 Å². The summed E-state index contributed by atoms with van der Waals surface area (Å²) >= 11 is 0. The summed E-state index contributed by atoms with van der Waals surface area (Å²) in [7, 11) is 1.53. The smallest absolute Gasteiger partial charge is 0.308 e. The molecule has 118 valence electrons. The number of fused-ring (bicyclic) bond motifs is 1. The largest absolute Gasteiger partial charge is 0.504 e. The lowest BCUT2D eigenvalue weighted by Gasteiger charge is -2.15. The number of benzene rings is 1. The van der Waals surface area contributed by atoms with Crippen molar-refractivity contribution < 1.29 is 19.4 Å². The van der Waals surface area contributed by atoms with Crippen LogP contribution < -0.4 is 15.0 Å². The van der Waals surface area contributed by atoms with Crippen molar-refractivity contribution in [2.45, 2.75) is 33.2 Å². The molecule has 0 amide bonds. The standard InChI is InChI=1S/C16H19NO5/c1-4-5-8-17-13-9-11(21-3)6-7-12(13)14(19)15(16(17)20)22-10(2)18/h6-7,9,19H,4-5,8H2,1-3H3. The number of hydrogen-bond donors (Lipinski definition) is 1.